The standard InChI is InChI=1S/C23H16N2S/c1-3-5-18-8-9-19(26-18)7-6-17-13-15-25-23-21(17)11-10-20-16(4-2)12-14-24-22(20)23/h4,6-15H,2H2,1H3. The minimum Gasteiger partial charge on any atom is -0.254 e. The van der Waals surface area contributed by atoms with Crippen LogP contribution >= 0.6 is 11.3 Å². The molecule has 3 heterocycles. The van der Waals surface area contributed by atoms with Gasteiger partial charge in [0.15, 0.2) is 0 Å². The third-order valence-corrected chi connectivity index (χ3v) is 5.18. The van der Waals surface area contributed by atoms with Gasteiger partial charge >= 0.3 is 0 Å². The summed E-state index contributed by atoms with van der Waals surface area (Å²) in [5.74, 6) is 6.03. The maximum atomic E-state index is 4.58. The van der Waals surface area contributed by atoms with Crippen LogP contribution in [0.4, 0.5) is 0 Å². The lowest BCUT2D eigenvalue weighted by molar-refractivity contribution is 1.37. The average molecular weight is 352 g/mol. The molecule has 0 unspecified atom stereocenters. The number of hydrogen-bond acceptors (Lipinski definition) is 3. The van der Waals surface area contributed by atoms with E-state index in [2.05, 4.69) is 64.8 Å². The highest BCUT2D eigenvalue weighted by atomic mass is 32.1. The molecule has 0 aliphatic rings. The van der Waals surface area contributed by atoms with Crippen molar-refractivity contribution in [2.45, 2.75) is 6.92 Å². The fourth-order valence-corrected chi connectivity index (χ4v) is 3.81. The summed E-state index contributed by atoms with van der Waals surface area (Å²) in [6.07, 6.45) is 9.75. The molecule has 0 saturated heterocycles. The predicted molar refractivity (Wildman–Crippen MR) is 113 cm³/mol. The number of fused-ring (bicyclic) bond motifs is 3. The molecule has 0 fully saturated rings. The molecule has 1 aromatic carbocycles. The summed E-state index contributed by atoms with van der Waals surface area (Å²) in [4.78, 5) is 11.4. The molecule has 0 aliphatic heterocycles. The summed E-state index contributed by atoms with van der Waals surface area (Å²) in [7, 11) is 0. The first-order valence-corrected chi connectivity index (χ1v) is 9.11. The van der Waals surface area contributed by atoms with Gasteiger partial charge in [-0.2, -0.15) is 0 Å². The fraction of sp³-hybridized carbons (Fsp3) is 0.0435. The van der Waals surface area contributed by atoms with E-state index in [1.807, 2.05) is 37.5 Å². The molecule has 0 N–H and O–H groups in total. The zero-order valence-corrected chi connectivity index (χ0v) is 15.2. The van der Waals surface area contributed by atoms with Crippen LogP contribution in [0, 0.1) is 11.8 Å². The van der Waals surface area contributed by atoms with Crippen LogP contribution in [0.2, 0.25) is 0 Å². The summed E-state index contributed by atoms with van der Waals surface area (Å²) < 4.78 is 0. The van der Waals surface area contributed by atoms with Gasteiger partial charge in [-0.05, 0) is 48.4 Å². The van der Waals surface area contributed by atoms with E-state index in [1.54, 1.807) is 11.3 Å². The van der Waals surface area contributed by atoms with Crippen LogP contribution in [0.15, 0.2) is 55.4 Å². The number of thiophene rings is 1. The van der Waals surface area contributed by atoms with Crippen LogP contribution in [0.5, 0.6) is 0 Å². The molecular formula is C23H16N2S. The number of pyridine rings is 2. The van der Waals surface area contributed by atoms with Crippen molar-refractivity contribution in [3.05, 3.63) is 76.3 Å². The van der Waals surface area contributed by atoms with Crippen molar-refractivity contribution in [3.8, 4) is 11.8 Å². The third-order valence-electron chi connectivity index (χ3n) is 4.21. The van der Waals surface area contributed by atoms with E-state index in [-0.39, 0.29) is 0 Å². The molecule has 2 nitrogen and oxygen atoms in total. The first-order chi connectivity index (χ1) is 12.8. The molecule has 0 radical (unpaired) electrons. The van der Waals surface area contributed by atoms with Crippen LogP contribution in [0.3, 0.4) is 0 Å². The Morgan fingerprint density at radius 3 is 2.27 bits per heavy atom. The maximum Gasteiger partial charge on any atom is 0.0970 e. The van der Waals surface area contributed by atoms with Gasteiger partial charge in [0.2, 0.25) is 0 Å². The smallest absolute Gasteiger partial charge is 0.0970 e. The second kappa shape index (κ2) is 6.95. The van der Waals surface area contributed by atoms with Gasteiger partial charge in [-0.15, -0.1) is 17.3 Å². The molecule has 124 valence electrons. The Bertz CT molecular complexity index is 1220. The Balaban J connectivity index is 1.82. The average Bonchev–Trinajstić information content (AvgIpc) is 3.13. The van der Waals surface area contributed by atoms with Gasteiger partial charge in [0, 0.05) is 28.0 Å². The Kier molecular flexibility index (Phi) is 4.35. The molecule has 0 saturated carbocycles. The maximum absolute atomic E-state index is 4.58. The zero-order chi connectivity index (χ0) is 17.9. The van der Waals surface area contributed by atoms with Gasteiger partial charge in [-0.3, -0.25) is 9.97 Å². The van der Waals surface area contributed by atoms with Crippen LogP contribution in [-0.4, -0.2) is 9.97 Å². The summed E-state index contributed by atoms with van der Waals surface area (Å²) >= 11 is 1.69. The molecule has 26 heavy (non-hydrogen) atoms. The second-order valence-corrected chi connectivity index (χ2v) is 6.89. The van der Waals surface area contributed by atoms with E-state index in [9.17, 15) is 0 Å². The van der Waals surface area contributed by atoms with Gasteiger partial charge < -0.3 is 0 Å². The van der Waals surface area contributed by atoms with E-state index < -0.39 is 0 Å². The molecule has 0 atom stereocenters. The first kappa shape index (κ1) is 16.3. The van der Waals surface area contributed by atoms with Crippen molar-refractivity contribution in [2.75, 3.05) is 0 Å². The van der Waals surface area contributed by atoms with E-state index in [4.69, 9.17) is 0 Å². The van der Waals surface area contributed by atoms with Gasteiger partial charge in [-0.25, -0.2) is 0 Å². The highest BCUT2D eigenvalue weighted by Crippen LogP contribution is 2.28. The monoisotopic (exact) mass is 352 g/mol. The normalized spacial score (nSPS) is 11.0. The molecule has 0 amide bonds. The first-order valence-electron chi connectivity index (χ1n) is 8.29. The number of nitrogens with zero attached hydrogens (tertiary/aromatic N) is 2. The minimum absolute atomic E-state index is 0.909. The van der Waals surface area contributed by atoms with E-state index in [1.165, 1.54) is 4.88 Å². The highest BCUT2D eigenvalue weighted by Gasteiger charge is 2.07. The number of benzene rings is 1. The second-order valence-electron chi connectivity index (χ2n) is 5.77. The lowest BCUT2D eigenvalue weighted by atomic mass is 10.0. The molecule has 3 aromatic heterocycles. The number of hydrogen-bond donors (Lipinski definition) is 0. The van der Waals surface area contributed by atoms with Crippen molar-refractivity contribution in [1.29, 1.82) is 0 Å². The number of rotatable bonds is 3. The van der Waals surface area contributed by atoms with Crippen LogP contribution in [-0.2, 0) is 0 Å². The van der Waals surface area contributed by atoms with Crippen molar-refractivity contribution < 1.29 is 0 Å². The predicted octanol–water partition coefficient (Wildman–Crippen LogP) is 6.03. The van der Waals surface area contributed by atoms with E-state index >= 15 is 0 Å². The minimum atomic E-state index is 0.909. The highest BCUT2D eigenvalue weighted by molar-refractivity contribution is 7.13. The van der Waals surface area contributed by atoms with Crippen LogP contribution < -0.4 is 0 Å². The van der Waals surface area contributed by atoms with Gasteiger partial charge in [-0.1, -0.05) is 36.8 Å². The quantitative estimate of drug-likeness (QED) is 0.332. The molecule has 0 bridgehead atoms. The molecule has 4 rings (SSSR count). The molecule has 3 heteroatoms. The SMILES string of the molecule is C=Cc1ccnc2c1ccc1c(C=Cc3ccc(C#CC)s3)ccnc12. The van der Waals surface area contributed by atoms with Gasteiger partial charge in [0.05, 0.1) is 15.9 Å². The molecular weight excluding hydrogens is 336 g/mol. The lowest BCUT2D eigenvalue weighted by Crippen LogP contribution is -1.89. The van der Waals surface area contributed by atoms with Crippen molar-refractivity contribution in [2.24, 2.45) is 0 Å². The zero-order valence-electron chi connectivity index (χ0n) is 14.4. The molecule has 0 aliphatic carbocycles. The van der Waals surface area contributed by atoms with E-state index in [0.717, 1.165) is 37.8 Å². The fourth-order valence-electron chi connectivity index (χ4n) is 3.00. The van der Waals surface area contributed by atoms with Crippen molar-refractivity contribution in [3.63, 3.8) is 0 Å². The van der Waals surface area contributed by atoms with Crippen LogP contribution in [0.25, 0.3) is 40.0 Å². The topological polar surface area (TPSA) is 25.8 Å². The lowest BCUT2D eigenvalue weighted by Gasteiger charge is -2.07. The van der Waals surface area contributed by atoms with Crippen molar-refractivity contribution >= 4 is 51.4 Å². The summed E-state index contributed by atoms with van der Waals surface area (Å²) in [5.41, 5.74) is 4.02. The summed E-state index contributed by atoms with van der Waals surface area (Å²) in [6.45, 7) is 5.74. The summed E-state index contributed by atoms with van der Waals surface area (Å²) in [6, 6.07) is 12.4. The van der Waals surface area contributed by atoms with Crippen LogP contribution in [0.1, 0.15) is 27.8 Å². The Hall–Kier alpha value is -3.22. The number of aromatic nitrogens is 2. The Morgan fingerprint density at radius 1 is 0.885 bits per heavy atom. The van der Waals surface area contributed by atoms with E-state index in [0.29, 0.717) is 0 Å². The molecule has 4 aromatic rings. The molecule has 0 spiro atoms. The van der Waals surface area contributed by atoms with Gasteiger partial charge in [0.1, 0.15) is 0 Å². The summed E-state index contributed by atoms with van der Waals surface area (Å²) in [5, 5.41) is 2.17. The third kappa shape index (κ3) is 2.92. The van der Waals surface area contributed by atoms with Crippen molar-refractivity contribution in [1.82, 2.24) is 9.97 Å². The van der Waals surface area contributed by atoms with Gasteiger partial charge in [0.25, 0.3) is 0 Å². The Labute approximate surface area is 156 Å². The largest absolute Gasteiger partial charge is 0.254 e. The Morgan fingerprint density at radius 2 is 1.58 bits per heavy atom.